The smallest absolute Gasteiger partial charge is 0.0519 e. The number of nitrogens with two attached hydrogens (primary N) is 1. The topological polar surface area (TPSA) is 29.3 Å². The number of nitrogens with zero attached hydrogens (tertiary/aromatic N) is 1. The van der Waals surface area contributed by atoms with Crippen LogP contribution < -0.4 is 5.73 Å². The Bertz CT molecular complexity index is 507. The van der Waals surface area contributed by atoms with Gasteiger partial charge < -0.3 is 5.73 Å². The van der Waals surface area contributed by atoms with E-state index < -0.39 is 0 Å². The van der Waals surface area contributed by atoms with Crippen molar-refractivity contribution in [2.24, 2.45) is 5.73 Å². The summed E-state index contributed by atoms with van der Waals surface area (Å²) in [6, 6.07) is 13.1. The lowest BCUT2D eigenvalue weighted by Crippen LogP contribution is -2.36. The monoisotopic (exact) mass is 258 g/mol. The summed E-state index contributed by atoms with van der Waals surface area (Å²) in [5.41, 5.74) is 9.22. The Balaban J connectivity index is 1.66. The maximum Gasteiger partial charge on any atom is 0.0519 e. The molecule has 3 heteroatoms. The van der Waals surface area contributed by atoms with Crippen molar-refractivity contribution in [2.75, 3.05) is 13.1 Å². The quantitative estimate of drug-likeness (QED) is 0.917. The molecule has 1 aliphatic rings. The molecule has 2 N–H and O–H groups in total. The minimum atomic E-state index is 0.148. The Morgan fingerprint density at radius 1 is 1.17 bits per heavy atom. The third-order valence-electron chi connectivity index (χ3n) is 3.57. The van der Waals surface area contributed by atoms with Crippen molar-refractivity contribution in [3.05, 3.63) is 57.8 Å². The summed E-state index contributed by atoms with van der Waals surface area (Å²) in [6.07, 6.45) is 1.15. The first kappa shape index (κ1) is 11.9. The van der Waals surface area contributed by atoms with E-state index in [1.807, 2.05) is 0 Å². The van der Waals surface area contributed by atoms with E-state index >= 15 is 0 Å². The molecule has 0 bridgehead atoms. The summed E-state index contributed by atoms with van der Waals surface area (Å²) in [7, 11) is 0. The summed E-state index contributed by atoms with van der Waals surface area (Å²) in [4.78, 5) is 3.75. The molecule has 1 aliphatic heterocycles. The zero-order valence-electron chi connectivity index (χ0n) is 10.4. The van der Waals surface area contributed by atoms with Crippen LogP contribution in [0, 0.1) is 0 Å². The van der Waals surface area contributed by atoms with Gasteiger partial charge in [-0.3, -0.25) is 4.90 Å². The third-order valence-corrected chi connectivity index (χ3v) is 4.58. The first-order chi connectivity index (χ1) is 8.83. The van der Waals surface area contributed by atoms with Crippen LogP contribution in [-0.2, 0) is 13.0 Å². The minimum absolute atomic E-state index is 0.148. The molecule has 18 heavy (non-hydrogen) atoms. The van der Waals surface area contributed by atoms with E-state index in [1.54, 1.807) is 11.3 Å². The van der Waals surface area contributed by atoms with E-state index in [4.69, 9.17) is 5.73 Å². The van der Waals surface area contributed by atoms with Gasteiger partial charge in [-0.2, -0.15) is 0 Å². The largest absolute Gasteiger partial charge is 0.322 e. The molecule has 2 heterocycles. The molecule has 0 spiro atoms. The Morgan fingerprint density at radius 2 is 2.00 bits per heavy atom. The highest BCUT2D eigenvalue weighted by molar-refractivity contribution is 7.10. The highest BCUT2D eigenvalue weighted by Crippen LogP contribution is 2.22. The van der Waals surface area contributed by atoms with E-state index in [-0.39, 0.29) is 6.04 Å². The average molecular weight is 258 g/mol. The van der Waals surface area contributed by atoms with Gasteiger partial charge in [0.05, 0.1) is 6.04 Å². The van der Waals surface area contributed by atoms with Crippen LogP contribution >= 0.6 is 11.3 Å². The summed E-state index contributed by atoms with van der Waals surface area (Å²) in [5, 5.41) is 2.10. The Labute approximate surface area is 112 Å². The SMILES string of the molecule is NC(CN1CCc2ccccc2C1)c1cccs1. The maximum absolute atomic E-state index is 6.26. The van der Waals surface area contributed by atoms with E-state index in [0.717, 1.165) is 26.1 Å². The minimum Gasteiger partial charge on any atom is -0.322 e. The lowest BCUT2D eigenvalue weighted by atomic mass is 9.99. The van der Waals surface area contributed by atoms with Crippen LogP contribution in [0.2, 0.25) is 0 Å². The molecular formula is C15H18N2S. The van der Waals surface area contributed by atoms with Gasteiger partial charge in [0.1, 0.15) is 0 Å². The van der Waals surface area contributed by atoms with Crippen LogP contribution in [0.25, 0.3) is 0 Å². The van der Waals surface area contributed by atoms with Crippen molar-refractivity contribution in [2.45, 2.75) is 19.0 Å². The van der Waals surface area contributed by atoms with Crippen molar-refractivity contribution in [3.63, 3.8) is 0 Å². The molecule has 3 rings (SSSR count). The average Bonchev–Trinajstić information content (AvgIpc) is 2.92. The summed E-state index contributed by atoms with van der Waals surface area (Å²) < 4.78 is 0. The Hall–Kier alpha value is -1.16. The van der Waals surface area contributed by atoms with Gasteiger partial charge in [-0.05, 0) is 29.0 Å². The fraction of sp³-hybridized carbons (Fsp3) is 0.333. The zero-order chi connectivity index (χ0) is 12.4. The summed E-state index contributed by atoms with van der Waals surface area (Å²) >= 11 is 1.75. The van der Waals surface area contributed by atoms with E-state index in [1.165, 1.54) is 16.0 Å². The van der Waals surface area contributed by atoms with Gasteiger partial charge in [-0.15, -0.1) is 11.3 Å². The van der Waals surface area contributed by atoms with Gasteiger partial charge >= 0.3 is 0 Å². The van der Waals surface area contributed by atoms with Gasteiger partial charge in [0.25, 0.3) is 0 Å². The molecule has 2 aromatic rings. The second-order valence-corrected chi connectivity index (χ2v) is 5.86. The van der Waals surface area contributed by atoms with Gasteiger partial charge in [0, 0.05) is 24.5 Å². The molecule has 2 nitrogen and oxygen atoms in total. The number of benzene rings is 1. The maximum atomic E-state index is 6.26. The Morgan fingerprint density at radius 3 is 2.78 bits per heavy atom. The van der Waals surface area contributed by atoms with Crippen LogP contribution in [-0.4, -0.2) is 18.0 Å². The predicted molar refractivity (Wildman–Crippen MR) is 76.7 cm³/mol. The molecule has 1 aromatic carbocycles. The van der Waals surface area contributed by atoms with Crippen molar-refractivity contribution in [1.82, 2.24) is 4.90 Å². The van der Waals surface area contributed by atoms with Crippen LogP contribution in [0.3, 0.4) is 0 Å². The summed E-state index contributed by atoms with van der Waals surface area (Å²) in [5.74, 6) is 0. The first-order valence-electron chi connectivity index (χ1n) is 6.41. The van der Waals surface area contributed by atoms with E-state index in [9.17, 15) is 0 Å². The fourth-order valence-corrected chi connectivity index (χ4v) is 3.30. The Kier molecular flexibility index (Phi) is 3.46. The van der Waals surface area contributed by atoms with E-state index in [2.05, 4.69) is 46.7 Å². The highest BCUT2D eigenvalue weighted by Gasteiger charge is 2.18. The van der Waals surface area contributed by atoms with Crippen LogP contribution in [0.4, 0.5) is 0 Å². The molecule has 0 aliphatic carbocycles. The highest BCUT2D eigenvalue weighted by atomic mass is 32.1. The number of thiophene rings is 1. The second kappa shape index (κ2) is 5.22. The van der Waals surface area contributed by atoms with Crippen LogP contribution in [0.15, 0.2) is 41.8 Å². The number of rotatable bonds is 3. The summed E-state index contributed by atoms with van der Waals surface area (Å²) in [6.45, 7) is 3.11. The normalized spacial score (nSPS) is 17.4. The molecule has 0 radical (unpaired) electrons. The van der Waals surface area contributed by atoms with Crippen molar-refractivity contribution >= 4 is 11.3 Å². The third kappa shape index (κ3) is 2.48. The first-order valence-corrected chi connectivity index (χ1v) is 7.29. The molecule has 0 saturated heterocycles. The van der Waals surface area contributed by atoms with Gasteiger partial charge in [0.2, 0.25) is 0 Å². The van der Waals surface area contributed by atoms with Gasteiger partial charge in [-0.1, -0.05) is 30.3 Å². The molecule has 1 aromatic heterocycles. The van der Waals surface area contributed by atoms with Crippen LogP contribution in [0.5, 0.6) is 0 Å². The molecule has 1 unspecified atom stereocenters. The molecule has 0 saturated carbocycles. The lowest BCUT2D eigenvalue weighted by Gasteiger charge is -2.30. The number of hydrogen-bond donors (Lipinski definition) is 1. The molecule has 94 valence electrons. The molecule has 1 atom stereocenters. The van der Waals surface area contributed by atoms with Crippen molar-refractivity contribution < 1.29 is 0 Å². The van der Waals surface area contributed by atoms with Gasteiger partial charge in [0.15, 0.2) is 0 Å². The van der Waals surface area contributed by atoms with Crippen molar-refractivity contribution in [1.29, 1.82) is 0 Å². The van der Waals surface area contributed by atoms with E-state index in [0.29, 0.717) is 0 Å². The molecule has 0 amide bonds. The lowest BCUT2D eigenvalue weighted by molar-refractivity contribution is 0.240. The standard InChI is InChI=1S/C15H18N2S/c16-14(15-6-3-9-18-15)11-17-8-7-12-4-1-2-5-13(12)10-17/h1-6,9,14H,7-8,10-11,16H2. The fourth-order valence-electron chi connectivity index (χ4n) is 2.58. The molecule has 0 fully saturated rings. The number of hydrogen-bond acceptors (Lipinski definition) is 3. The second-order valence-electron chi connectivity index (χ2n) is 4.88. The number of fused-ring (bicyclic) bond motifs is 1. The predicted octanol–water partition coefficient (Wildman–Crippen LogP) is 2.81. The van der Waals surface area contributed by atoms with Gasteiger partial charge in [-0.25, -0.2) is 0 Å². The molecular weight excluding hydrogens is 240 g/mol. The van der Waals surface area contributed by atoms with Crippen molar-refractivity contribution in [3.8, 4) is 0 Å². The van der Waals surface area contributed by atoms with Crippen LogP contribution in [0.1, 0.15) is 22.0 Å². The zero-order valence-corrected chi connectivity index (χ0v) is 11.2.